The summed E-state index contributed by atoms with van der Waals surface area (Å²) >= 11 is 0. The van der Waals surface area contributed by atoms with Gasteiger partial charge in [0.1, 0.15) is 0 Å². The maximum absolute atomic E-state index is 12.4. The summed E-state index contributed by atoms with van der Waals surface area (Å²) in [6.45, 7) is 0.0598. The lowest BCUT2D eigenvalue weighted by Gasteiger charge is -2.27. The first-order chi connectivity index (χ1) is 11.3. The van der Waals surface area contributed by atoms with Crippen molar-refractivity contribution >= 4 is 12.0 Å². The standard InChI is InChI=1S/C15H18F3N3O3/c16-15(17,18)10-3-6-12(19-7-10)8-20-13(22)9-1-4-11(5-2-9)21-14(23)24/h3,6-7,9,11,21H,1-2,4-5,8H2,(H,20,22)(H,23,24)/t9-,11-. The summed E-state index contributed by atoms with van der Waals surface area (Å²) in [7, 11) is 0. The number of halogens is 3. The number of hydrogen-bond donors (Lipinski definition) is 3. The highest BCUT2D eigenvalue weighted by atomic mass is 19.4. The van der Waals surface area contributed by atoms with E-state index in [0.717, 1.165) is 12.3 Å². The Labute approximate surface area is 136 Å². The van der Waals surface area contributed by atoms with Crippen LogP contribution in [0, 0.1) is 5.92 Å². The Hall–Kier alpha value is -2.32. The molecule has 132 valence electrons. The third-order valence-electron chi connectivity index (χ3n) is 4.02. The van der Waals surface area contributed by atoms with E-state index in [4.69, 9.17) is 5.11 Å². The molecule has 0 atom stereocenters. The van der Waals surface area contributed by atoms with Gasteiger partial charge in [-0.15, -0.1) is 0 Å². The van der Waals surface area contributed by atoms with Gasteiger partial charge in [0.05, 0.1) is 17.8 Å². The molecule has 0 bridgehead atoms. The summed E-state index contributed by atoms with van der Waals surface area (Å²) in [5.74, 6) is -0.406. The lowest BCUT2D eigenvalue weighted by atomic mass is 9.85. The molecule has 1 fully saturated rings. The molecule has 3 N–H and O–H groups in total. The molecule has 1 heterocycles. The van der Waals surface area contributed by atoms with Crippen LogP contribution in [-0.2, 0) is 17.5 Å². The second-order valence-corrected chi connectivity index (χ2v) is 5.75. The third kappa shape index (κ3) is 5.10. The molecular formula is C15H18F3N3O3. The van der Waals surface area contributed by atoms with E-state index in [1.54, 1.807) is 0 Å². The van der Waals surface area contributed by atoms with Gasteiger partial charge in [0.2, 0.25) is 5.91 Å². The van der Waals surface area contributed by atoms with Gasteiger partial charge < -0.3 is 15.7 Å². The summed E-state index contributed by atoms with van der Waals surface area (Å²) in [6, 6.07) is 2.02. The quantitative estimate of drug-likeness (QED) is 0.782. The van der Waals surface area contributed by atoms with Crippen molar-refractivity contribution < 1.29 is 27.9 Å². The molecule has 2 amide bonds. The Morgan fingerprint density at radius 2 is 1.88 bits per heavy atom. The smallest absolute Gasteiger partial charge is 0.417 e. The molecule has 1 aromatic heterocycles. The molecule has 1 aliphatic rings. The fourth-order valence-electron chi connectivity index (χ4n) is 2.69. The molecular weight excluding hydrogens is 327 g/mol. The Kier molecular flexibility index (Phi) is 5.63. The van der Waals surface area contributed by atoms with Crippen molar-refractivity contribution in [2.75, 3.05) is 0 Å². The van der Waals surface area contributed by atoms with E-state index in [-0.39, 0.29) is 24.4 Å². The zero-order valence-electron chi connectivity index (χ0n) is 12.8. The van der Waals surface area contributed by atoms with E-state index in [2.05, 4.69) is 15.6 Å². The molecule has 1 aromatic rings. The Morgan fingerprint density at radius 3 is 2.38 bits per heavy atom. The van der Waals surface area contributed by atoms with E-state index in [9.17, 15) is 22.8 Å². The lowest BCUT2D eigenvalue weighted by molar-refractivity contribution is -0.137. The van der Waals surface area contributed by atoms with Gasteiger partial charge >= 0.3 is 12.3 Å². The Morgan fingerprint density at radius 1 is 1.21 bits per heavy atom. The van der Waals surface area contributed by atoms with Gasteiger partial charge in [-0.3, -0.25) is 9.78 Å². The second kappa shape index (κ2) is 7.50. The molecule has 0 spiro atoms. The number of amides is 2. The highest BCUT2D eigenvalue weighted by Gasteiger charge is 2.31. The number of pyridine rings is 1. The van der Waals surface area contributed by atoms with Gasteiger partial charge in [0.25, 0.3) is 0 Å². The average Bonchev–Trinajstić information content (AvgIpc) is 2.52. The SMILES string of the molecule is O=C(O)N[C@H]1CC[C@H](C(=O)NCc2ccc(C(F)(F)F)cn2)CC1. The molecule has 2 rings (SSSR count). The highest BCUT2D eigenvalue weighted by Crippen LogP contribution is 2.28. The van der Waals surface area contributed by atoms with Crippen molar-refractivity contribution in [2.24, 2.45) is 5.92 Å². The van der Waals surface area contributed by atoms with Crippen molar-refractivity contribution in [1.29, 1.82) is 0 Å². The number of nitrogens with zero attached hydrogens (tertiary/aromatic N) is 1. The highest BCUT2D eigenvalue weighted by molar-refractivity contribution is 5.78. The van der Waals surface area contributed by atoms with Crippen LogP contribution < -0.4 is 10.6 Å². The largest absolute Gasteiger partial charge is 0.465 e. The first kappa shape index (κ1) is 18.0. The normalized spacial score (nSPS) is 21.1. The van der Waals surface area contributed by atoms with Crippen LogP contribution >= 0.6 is 0 Å². The molecule has 0 aromatic carbocycles. The van der Waals surface area contributed by atoms with Crippen LogP contribution in [0.4, 0.5) is 18.0 Å². The van der Waals surface area contributed by atoms with Crippen molar-refractivity contribution in [3.8, 4) is 0 Å². The molecule has 6 nitrogen and oxygen atoms in total. The zero-order chi connectivity index (χ0) is 17.7. The Bertz CT molecular complexity index is 582. The van der Waals surface area contributed by atoms with E-state index in [0.29, 0.717) is 31.4 Å². The molecule has 1 aliphatic carbocycles. The van der Waals surface area contributed by atoms with E-state index >= 15 is 0 Å². The molecule has 1 saturated carbocycles. The molecule has 0 saturated heterocycles. The number of rotatable bonds is 4. The summed E-state index contributed by atoms with van der Waals surface area (Å²) in [5, 5.41) is 13.7. The van der Waals surface area contributed by atoms with E-state index in [1.165, 1.54) is 6.07 Å². The van der Waals surface area contributed by atoms with Crippen LogP contribution in [0.5, 0.6) is 0 Å². The number of hydrogen-bond acceptors (Lipinski definition) is 3. The minimum atomic E-state index is -4.43. The van der Waals surface area contributed by atoms with Crippen molar-refractivity contribution in [3.63, 3.8) is 0 Å². The molecule has 0 radical (unpaired) electrons. The minimum absolute atomic E-state index is 0.0598. The topological polar surface area (TPSA) is 91.3 Å². The van der Waals surface area contributed by atoms with E-state index in [1.807, 2.05) is 0 Å². The fraction of sp³-hybridized carbons (Fsp3) is 0.533. The van der Waals surface area contributed by atoms with Crippen LogP contribution in [0.15, 0.2) is 18.3 Å². The maximum Gasteiger partial charge on any atom is 0.417 e. The predicted molar refractivity (Wildman–Crippen MR) is 78.0 cm³/mol. The third-order valence-corrected chi connectivity index (χ3v) is 4.02. The Balaban J connectivity index is 1.78. The number of carboxylic acid groups (broad SMARTS) is 1. The van der Waals surface area contributed by atoms with Gasteiger partial charge in [-0.25, -0.2) is 4.79 Å². The molecule has 9 heteroatoms. The van der Waals surface area contributed by atoms with Crippen LogP contribution in [-0.4, -0.2) is 28.1 Å². The minimum Gasteiger partial charge on any atom is -0.465 e. The summed E-state index contributed by atoms with van der Waals surface area (Å²) in [4.78, 5) is 26.3. The van der Waals surface area contributed by atoms with Crippen LogP contribution in [0.2, 0.25) is 0 Å². The van der Waals surface area contributed by atoms with Crippen LogP contribution in [0.1, 0.15) is 36.9 Å². The number of nitrogens with one attached hydrogen (secondary N) is 2. The number of carbonyl (C=O) groups excluding carboxylic acids is 1. The van der Waals surface area contributed by atoms with Gasteiger partial charge in [-0.1, -0.05) is 0 Å². The van der Waals surface area contributed by atoms with Gasteiger partial charge in [-0.2, -0.15) is 13.2 Å². The first-order valence-corrected chi connectivity index (χ1v) is 7.55. The summed E-state index contributed by atoms with van der Waals surface area (Å²) < 4.78 is 37.3. The van der Waals surface area contributed by atoms with Crippen molar-refractivity contribution in [1.82, 2.24) is 15.6 Å². The summed E-state index contributed by atoms with van der Waals surface area (Å²) in [6.07, 6.45) is -2.46. The van der Waals surface area contributed by atoms with Gasteiger partial charge in [-0.05, 0) is 37.8 Å². The monoisotopic (exact) mass is 345 g/mol. The number of aromatic nitrogens is 1. The van der Waals surface area contributed by atoms with Crippen molar-refractivity contribution in [3.05, 3.63) is 29.6 Å². The molecule has 0 aliphatic heterocycles. The number of alkyl halides is 3. The molecule has 24 heavy (non-hydrogen) atoms. The molecule has 0 unspecified atom stereocenters. The lowest BCUT2D eigenvalue weighted by Crippen LogP contribution is -2.40. The first-order valence-electron chi connectivity index (χ1n) is 7.55. The van der Waals surface area contributed by atoms with Crippen LogP contribution in [0.25, 0.3) is 0 Å². The average molecular weight is 345 g/mol. The fourth-order valence-corrected chi connectivity index (χ4v) is 2.69. The van der Waals surface area contributed by atoms with Gasteiger partial charge in [0.15, 0.2) is 0 Å². The van der Waals surface area contributed by atoms with Crippen molar-refractivity contribution in [2.45, 2.75) is 44.4 Å². The van der Waals surface area contributed by atoms with Crippen LogP contribution in [0.3, 0.4) is 0 Å². The zero-order valence-corrected chi connectivity index (χ0v) is 12.8. The predicted octanol–water partition coefficient (Wildman–Crippen LogP) is 2.54. The van der Waals surface area contributed by atoms with E-state index < -0.39 is 17.8 Å². The number of carbonyl (C=O) groups is 2. The summed E-state index contributed by atoms with van der Waals surface area (Å²) in [5.41, 5.74) is -0.487. The maximum atomic E-state index is 12.4. The second-order valence-electron chi connectivity index (χ2n) is 5.75. The van der Waals surface area contributed by atoms with Gasteiger partial charge in [0, 0.05) is 18.2 Å².